The van der Waals surface area contributed by atoms with E-state index < -0.39 is 0 Å². The van der Waals surface area contributed by atoms with Crippen LogP contribution in [-0.4, -0.2) is 38.2 Å². The smallest absolute Gasteiger partial charge is 0.136 e. The largest absolute Gasteiger partial charge is 0.344 e. The van der Waals surface area contributed by atoms with Crippen LogP contribution in [0.1, 0.15) is 0 Å². The Morgan fingerprint density at radius 3 is 1.12 bits per heavy atom. The van der Waals surface area contributed by atoms with Crippen LogP contribution < -0.4 is 19.6 Å². The van der Waals surface area contributed by atoms with Crippen molar-refractivity contribution in [3.05, 3.63) is 84.9 Å². The first kappa shape index (κ1) is 19.9. The third-order valence-corrected chi connectivity index (χ3v) is 6.02. The van der Waals surface area contributed by atoms with Gasteiger partial charge in [0.15, 0.2) is 0 Å². The Bertz CT molecular complexity index is 995. The molecule has 2 aromatic heterocycles. The SMILES string of the molecule is CN1c2cccc(c2)N(C)c2cccc(n2)N(C)c2cccc(n2)N(C)c2cccc1c2. The summed E-state index contributed by atoms with van der Waals surface area (Å²) >= 11 is 0. The molecule has 3 heterocycles. The minimum atomic E-state index is 0.837. The Balaban J connectivity index is 1.72. The van der Waals surface area contributed by atoms with E-state index in [1.54, 1.807) is 0 Å². The quantitative estimate of drug-likeness (QED) is 0.353. The molecule has 0 aliphatic carbocycles. The molecule has 0 unspecified atom stereocenters. The van der Waals surface area contributed by atoms with Gasteiger partial charge in [-0.1, -0.05) is 24.3 Å². The number of hydrogen-bond acceptors (Lipinski definition) is 6. The van der Waals surface area contributed by atoms with Gasteiger partial charge in [0, 0.05) is 50.9 Å². The molecular weight excluding hydrogens is 396 g/mol. The average Bonchev–Trinajstić information content (AvgIpc) is 2.86. The molecule has 1 aliphatic rings. The van der Waals surface area contributed by atoms with E-state index in [2.05, 4.69) is 70.3 Å². The van der Waals surface area contributed by atoms with Gasteiger partial charge in [-0.05, 0) is 60.7 Å². The van der Waals surface area contributed by atoms with Gasteiger partial charge in [0.05, 0.1) is 0 Å². The van der Waals surface area contributed by atoms with Crippen molar-refractivity contribution in [3.63, 3.8) is 0 Å². The minimum absolute atomic E-state index is 0.837. The summed E-state index contributed by atoms with van der Waals surface area (Å²) in [5.41, 5.74) is 4.36. The highest BCUT2D eigenvalue weighted by molar-refractivity contribution is 5.74. The van der Waals surface area contributed by atoms with Crippen LogP contribution in [-0.2, 0) is 0 Å². The Morgan fingerprint density at radius 1 is 0.406 bits per heavy atom. The lowest BCUT2D eigenvalue weighted by atomic mass is 10.2. The minimum Gasteiger partial charge on any atom is -0.344 e. The molecule has 0 saturated heterocycles. The Morgan fingerprint density at radius 2 is 0.719 bits per heavy atom. The number of hydrogen-bond donors (Lipinski definition) is 0. The molecule has 0 amide bonds. The Hall–Kier alpha value is -4.06. The zero-order chi connectivity index (χ0) is 22.2. The highest BCUT2D eigenvalue weighted by Gasteiger charge is 2.15. The van der Waals surface area contributed by atoms with E-state index in [1.807, 2.05) is 62.4 Å². The van der Waals surface area contributed by atoms with Crippen molar-refractivity contribution in [2.45, 2.75) is 0 Å². The molecule has 0 radical (unpaired) electrons. The van der Waals surface area contributed by atoms with Crippen molar-refractivity contribution in [2.75, 3.05) is 47.8 Å². The maximum absolute atomic E-state index is 4.92. The first-order valence-corrected chi connectivity index (χ1v) is 10.6. The molecule has 6 nitrogen and oxygen atoms in total. The van der Waals surface area contributed by atoms with Gasteiger partial charge in [0.25, 0.3) is 0 Å². The van der Waals surface area contributed by atoms with Crippen LogP contribution in [0.4, 0.5) is 46.0 Å². The van der Waals surface area contributed by atoms with E-state index in [0.717, 1.165) is 46.0 Å². The predicted molar refractivity (Wildman–Crippen MR) is 134 cm³/mol. The van der Waals surface area contributed by atoms with Crippen molar-refractivity contribution >= 4 is 46.0 Å². The van der Waals surface area contributed by atoms with Crippen LogP contribution in [0.25, 0.3) is 0 Å². The van der Waals surface area contributed by atoms with Crippen LogP contribution in [0.5, 0.6) is 0 Å². The Labute approximate surface area is 189 Å². The molecule has 0 saturated carbocycles. The number of rotatable bonds is 0. The normalized spacial score (nSPS) is 13.4. The van der Waals surface area contributed by atoms with Crippen molar-refractivity contribution in [3.8, 4) is 0 Å². The highest BCUT2D eigenvalue weighted by atomic mass is 15.3. The molecule has 0 fully saturated rings. The molecule has 4 aromatic rings. The molecule has 160 valence electrons. The number of fused-ring (bicyclic) bond motifs is 8. The third kappa shape index (κ3) is 3.50. The fourth-order valence-electron chi connectivity index (χ4n) is 3.92. The van der Waals surface area contributed by atoms with Crippen molar-refractivity contribution in [2.24, 2.45) is 0 Å². The van der Waals surface area contributed by atoms with Crippen LogP contribution in [0, 0.1) is 0 Å². The summed E-state index contributed by atoms with van der Waals surface area (Å²) in [5, 5.41) is 0. The van der Waals surface area contributed by atoms with E-state index in [1.165, 1.54) is 0 Å². The summed E-state index contributed by atoms with van der Waals surface area (Å²) < 4.78 is 0. The molecule has 2 aromatic carbocycles. The first-order chi connectivity index (χ1) is 15.5. The van der Waals surface area contributed by atoms with Crippen LogP contribution in [0.2, 0.25) is 0 Å². The lowest BCUT2D eigenvalue weighted by molar-refractivity contribution is 1.03. The van der Waals surface area contributed by atoms with Crippen LogP contribution in [0.15, 0.2) is 84.9 Å². The second kappa shape index (κ2) is 7.89. The number of benzene rings is 2. The summed E-state index contributed by atoms with van der Waals surface area (Å²) in [6.07, 6.45) is 0. The number of aromatic nitrogens is 2. The summed E-state index contributed by atoms with van der Waals surface area (Å²) in [6.45, 7) is 0. The number of nitrogens with zero attached hydrogens (tertiary/aromatic N) is 6. The van der Waals surface area contributed by atoms with Crippen molar-refractivity contribution < 1.29 is 0 Å². The molecule has 6 heteroatoms. The standard InChI is InChI=1S/C26H26N6/c1-29-19-9-5-11-21(17-19)30(2)23-13-7-15-25(27-23)32(4)26-16-8-14-24(28-26)31(3)22-12-6-10-20(29)18-22/h5-18H,1-4H3. The molecule has 0 atom stereocenters. The van der Waals surface area contributed by atoms with E-state index in [4.69, 9.17) is 9.97 Å². The maximum Gasteiger partial charge on any atom is 0.136 e. The van der Waals surface area contributed by atoms with E-state index in [0.29, 0.717) is 0 Å². The zero-order valence-corrected chi connectivity index (χ0v) is 18.8. The summed E-state index contributed by atoms with van der Waals surface area (Å²) in [6, 6.07) is 29.1. The fourth-order valence-corrected chi connectivity index (χ4v) is 3.92. The predicted octanol–water partition coefficient (Wildman–Crippen LogP) is 5.86. The molecule has 8 bridgehead atoms. The maximum atomic E-state index is 4.92. The lowest BCUT2D eigenvalue weighted by Gasteiger charge is -2.27. The topological polar surface area (TPSA) is 38.7 Å². The summed E-state index contributed by atoms with van der Waals surface area (Å²) in [7, 11) is 8.18. The molecule has 0 N–H and O–H groups in total. The molecule has 1 aliphatic heterocycles. The summed E-state index contributed by atoms with van der Waals surface area (Å²) in [4.78, 5) is 18.3. The van der Waals surface area contributed by atoms with Gasteiger partial charge in [-0.25, -0.2) is 9.97 Å². The monoisotopic (exact) mass is 422 g/mol. The summed E-state index contributed by atoms with van der Waals surface area (Å²) in [5.74, 6) is 3.42. The molecule has 32 heavy (non-hydrogen) atoms. The fraction of sp³-hybridized carbons (Fsp3) is 0.154. The van der Waals surface area contributed by atoms with Crippen molar-refractivity contribution in [1.29, 1.82) is 0 Å². The molecular formula is C26H26N6. The van der Waals surface area contributed by atoms with Gasteiger partial charge in [-0.2, -0.15) is 0 Å². The van der Waals surface area contributed by atoms with E-state index in [9.17, 15) is 0 Å². The van der Waals surface area contributed by atoms with Crippen LogP contribution >= 0.6 is 0 Å². The second-order valence-electron chi connectivity index (χ2n) is 7.98. The number of pyridine rings is 2. The third-order valence-electron chi connectivity index (χ3n) is 6.02. The first-order valence-electron chi connectivity index (χ1n) is 10.6. The Kier molecular flexibility index (Phi) is 4.90. The van der Waals surface area contributed by atoms with Gasteiger partial charge in [-0.3, -0.25) is 0 Å². The zero-order valence-electron chi connectivity index (χ0n) is 18.8. The second-order valence-corrected chi connectivity index (χ2v) is 7.98. The van der Waals surface area contributed by atoms with Gasteiger partial charge < -0.3 is 19.6 Å². The highest BCUT2D eigenvalue weighted by Crippen LogP contribution is 2.34. The van der Waals surface area contributed by atoms with Crippen LogP contribution in [0.3, 0.4) is 0 Å². The molecule has 0 spiro atoms. The lowest BCUT2D eigenvalue weighted by Crippen LogP contribution is -2.19. The van der Waals surface area contributed by atoms with E-state index in [-0.39, 0.29) is 0 Å². The average molecular weight is 423 g/mol. The van der Waals surface area contributed by atoms with Gasteiger partial charge in [0.1, 0.15) is 23.3 Å². The molecule has 5 rings (SSSR count). The van der Waals surface area contributed by atoms with Gasteiger partial charge in [0.2, 0.25) is 0 Å². The number of anilines is 8. The van der Waals surface area contributed by atoms with Crippen molar-refractivity contribution in [1.82, 2.24) is 9.97 Å². The van der Waals surface area contributed by atoms with E-state index >= 15 is 0 Å². The van der Waals surface area contributed by atoms with Gasteiger partial charge >= 0.3 is 0 Å². The van der Waals surface area contributed by atoms with Gasteiger partial charge in [-0.15, -0.1) is 0 Å².